The van der Waals surface area contributed by atoms with Gasteiger partial charge in [0, 0.05) is 25.8 Å². The second-order valence-electron chi connectivity index (χ2n) is 6.13. The molecule has 154 valence electrons. The van der Waals surface area contributed by atoms with Crippen LogP contribution < -0.4 is 19.7 Å². The minimum absolute atomic E-state index is 0.0370. The molecular weight excluding hydrogens is 385 g/mol. The third kappa shape index (κ3) is 4.06. The Morgan fingerprint density at radius 3 is 2.79 bits per heavy atom. The Hall–Kier alpha value is -3.40. The molecule has 0 radical (unpaired) electrons. The zero-order valence-electron chi connectivity index (χ0n) is 16.1. The van der Waals surface area contributed by atoms with Crippen LogP contribution in [0.3, 0.4) is 0 Å². The maximum absolute atomic E-state index is 14.2. The van der Waals surface area contributed by atoms with E-state index in [4.69, 9.17) is 14.2 Å². The third-order valence-electron chi connectivity index (χ3n) is 4.30. The molecule has 1 aliphatic heterocycles. The Kier molecular flexibility index (Phi) is 5.83. The first-order chi connectivity index (χ1) is 13.8. The van der Waals surface area contributed by atoms with Gasteiger partial charge in [-0.3, -0.25) is 19.8 Å². The number of amides is 1. The number of halogens is 1. The molecule has 1 N–H and O–H groups in total. The molecule has 2 aromatic carbocycles. The molecule has 2 aromatic rings. The second kappa shape index (κ2) is 8.31. The zero-order valence-corrected chi connectivity index (χ0v) is 16.1. The molecule has 1 atom stereocenters. The molecule has 0 aromatic heterocycles. The molecule has 3 rings (SSSR count). The maximum atomic E-state index is 14.2. The van der Waals surface area contributed by atoms with Crippen molar-refractivity contribution in [1.29, 1.82) is 0 Å². The van der Waals surface area contributed by atoms with Gasteiger partial charge in [0.25, 0.3) is 11.6 Å². The molecule has 0 fully saturated rings. The highest BCUT2D eigenvalue weighted by Crippen LogP contribution is 2.38. The number of non-ortho nitro benzene ring substituents is 1. The highest BCUT2D eigenvalue weighted by Gasteiger charge is 2.31. The molecule has 1 aliphatic rings. The van der Waals surface area contributed by atoms with Crippen molar-refractivity contribution in [3.8, 4) is 11.5 Å². The molecule has 0 saturated carbocycles. The summed E-state index contributed by atoms with van der Waals surface area (Å²) < 4.78 is 30.8. The second-order valence-corrected chi connectivity index (χ2v) is 6.13. The van der Waals surface area contributed by atoms with E-state index in [2.05, 4.69) is 5.32 Å². The van der Waals surface area contributed by atoms with Gasteiger partial charge in [0.2, 0.25) is 0 Å². The van der Waals surface area contributed by atoms with E-state index in [1.54, 1.807) is 20.9 Å². The standard InChI is InChI=1S/C19H20FN3O6/c1-4-27-11(2)29-18-7-12(23(25)26)5-6-16(18)22-10-28-17-9-15(21-3)14(20)8-13(17)19(22)24/h5-9,11,21H,4,10H2,1-3H3. The maximum Gasteiger partial charge on any atom is 0.273 e. The van der Waals surface area contributed by atoms with Crippen LogP contribution >= 0.6 is 0 Å². The number of rotatable bonds is 7. The number of hydrogen-bond donors (Lipinski definition) is 1. The monoisotopic (exact) mass is 405 g/mol. The quantitative estimate of drug-likeness (QED) is 0.427. The number of fused-ring (bicyclic) bond motifs is 1. The van der Waals surface area contributed by atoms with Gasteiger partial charge in [-0.05, 0) is 26.0 Å². The Labute approximate surface area is 166 Å². The molecule has 0 bridgehead atoms. The van der Waals surface area contributed by atoms with Crippen LogP contribution in [-0.2, 0) is 4.74 Å². The van der Waals surface area contributed by atoms with E-state index in [9.17, 15) is 19.3 Å². The van der Waals surface area contributed by atoms with Gasteiger partial charge >= 0.3 is 0 Å². The van der Waals surface area contributed by atoms with Crippen LogP contribution in [0.15, 0.2) is 30.3 Å². The molecule has 1 unspecified atom stereocenters. The van der Waals surface area contributed by atoms with Crippen LogP contribution in [0.2, 0.25) is 0 Å². The van der Waals surface area contributed by atoms with Gasteiger partial charge in [-0.25, -0.2) is 4.39 Å². The van der Waals surface area contributed by atoms with Gasteiger partial charge in [-0.1, -0.05) is 0 Å². The van der Waals surface area contributed by atoms with Crippen molar-refractivity contribution in [3.63, 3.8) is 0 Å². The molecular formula is C19H20FN3O6. The van der Waals surface area contributed by atoms with E-state index in [1.165, 1.54) is 29.2 Å². The SMILES string of the molecule is CCOC(C)Oc1cc([N+](=O)[O-])ccc1N1COc2cc(NC)c(F)cc2C1=O. The highest BCUT2D eigenvalue weighted by molar-refractivity contribution is 6.09. The number of ether oxygens (including phenoxy) is 3. The predicted molar refractivity (Wildman–Crippen MR) is 103 cm³/mol. The Balaban J connectivity index is 2.00. The average Bonchev–Trinajstić information content (AvgIpc) is 2.69. The van der Waals surface area contributed by atoms with E-state index in [-0.39, 0.29) is 40.9 Å². The van der Waals surface area contributed by atoms with E-state index in [0.29, 0.717) is 6.61 Å². The van der Waals surface area contributed by atoms with Gasteiger partial charge < -0.3 is 19.5 Å². The fourth-order valence-electron chi connectivity index (χ4n) is 2.93. The summed E-state index contributed by atoms with van der Waals surface area (Å²) in [6.45, 7) is 3.61. The van der Waals surface area contributed by atoms with Crippen molar-refractivity contribution in [1.82, 2.24) is 0 Å². The summed E-state index contributed by atoms with van der Waals surface area (Å²) in [6.07, 6.45) is -0.704. The van der Waals surface area contributed by atoms with E-state index in [1.807, 2.05) is 0 Å². The lowest BCUT2D eigenvalue weighted by molar-refractivity contribution is -0.385. The smallest absolute Gasteiger partial charge is 0.273 e. The number of anilines is 2. The number of benzene rings is 2. The van der Waals surface area contributed by atoms with Crippen molar-refractivity contribution >= 4 is 23.0 Å². The summed E-state index contributed by atoms with van der Waals surface area (Å²) in [6, 6.07) is 6.34. The average molecular weight is 405 g/mol. The van der Waals surface area contributed by atoms with Crippen molar-refractivity contribution in [3.05, 3.63) is 51.8 Å². The number of nitro groups is 1. The minimum atomic E-state index is -0.704. The minimum Gasteiger partial charge on any atom is -0.472 e. The Bertz CT molecular complexity index is 952. The summed E-state index contributed by atoms with van der Waals surface area (Å²) in [7, 11) is 1.56. The van der Waals surface area contributed by atoms with Crippen molar-refractivity contribution in [2.75, 3.05) is 30.6 Å². The number of nitrogens with one attached hydrogen (secondary N) is 1. The number of carbonyl (C=O) groups is 1. The van der Waals surface area contributed by atoms with Crippen LogP contribution in [0.25, 0.3) is 0 Å². The van der Waals surface area contributed by atoms with Crippen molar-refractivity contribution in [2.45, 2.75) is 20.1 Å². The van der Waals surface area contributed by atoms with Crippen LogP contribution in [0.1, 0.15) is 24.2 Å². The number of nitrogens with zero attached hydrogens (tertiary/aromatic N) is 2. The van der Waals surface area contributed by atoms with Gasteiger partial charge in [0.15, 0.2) is 18.8 Å². The van der Waals surface area contributed by atoms with Crippen molar-refractivity contribution < 1.29 is 28.3 Å². The van der Waals surface area contributed by atoms with E-state index >= 15 is 0 Å². The van der Waals surface area contributed by atoms with Crippen LogP contribution in [0.4, 0.5) is 21.5 Å². The predicted octanol–water partition coefficient (Wildman–Crippen LogP) is 3.53. The molecule has 1 heterocycles. The summed E-state index contributed by atoms with van der Waals surface area (Å²) in [5.74, 6) is -0.803. The fraction of sp³-hybridized carbons (Fsp3) is 0.316. The third-order valence-corrected chi connectivity index (χ3v) is 4.30. The number of carbonyl (C=O) groups excluding carboxylic acids is 1. The lowest BCUT2D eigenvalue weighted by Gasteiger charge is -2.30. The first kappa shape index (κ1) is 20.3. The van der Waals surface area contributed by atoms with Crippen LogP contribution in [0.5, 0.6) is 11.5 Å². The van der Waals surface area contributed by atoms with Crippen LogP contribution in [-0.4, -0.2) is 37.5 Å². The molecule has 0 saturated heterocycles. The van der Waals surface area contributed by atoms with Crippen LogP contribution in [0, 0.1) is 15.9 Å². The Morgan fingerprint density at radius 2 is 2.14 bits per heavy atom. The molecule has 0 spiro atoms. The van der Waals surface area contributed by atoms with Crippen molar-refractivity contribution in [2.24, 2.45) is 0 Å². The lowest BCUT2D eigenvalue weighted by Crippen LogP contribution is -2.39. The largest absolute Gasteiger partial charge is 0.472 e. The summed E-state index contributed by atoms with van der Waals surface area (Å²) in [5.41, 5.74) is 0.281. The number of hydrogen-bond acceptors (Lipinski definition) is 7. The molecule has 10 heteroatoms. The molecule has 1 amide bonds. The fourth-order valence-corrected chi connectivity index (χ4v) is 2.93. The topological polar surface area (TPSA) is 103 Å². The highest BCUT2D eigenvalue weighted by atomic mass is 19.1. The normalized spacial score (nSPS) is 14.1. The zero-order chi connectivity index (χ0) is 21.1. The first-order valence-electron chi connectivity index (χ1n) is 8.88. The summed E-state index contributed by atoms with van der Waals surface area (Å²) >= 11 is 0. The van der Waals surface area contributed by atoms with E-state index < -0.39 is 22.9 Å². The molecule has 29 heavy (non-hydrogen) atoms. The van der Waals surface area contributed by atoms with Gasteiger partial charge in [0.05, 0.1) is 27.9 Å². The molecule has 9 nitrogen and oxygen atoms in total. The first-order valence-corrected chi connectivity index (χ1v) is 8.88. The molecule has 0 aliphatic carbocycles. The van der Waals surface area contributed by atoms with Gasteiger partial charge in [0.1, 0.15) is 11.6 Å². The summed E-state index contributed by atoms with van der Waals surface area (Å²) in [5, 5.41) is 13.8. The number of nitro benzene ring substituents is 1. The Morgan fingerprint density at radius 1 is 1.38 bits per heavy atom. The van der Waals surface area contributed by atoms with Gasteiger partial charge in [-0.15, -0.1) is 0 Å². The lowest BCUT2D eigenvalue weighted by atomic mass is 10.1. The summed E-state index contributed by atoms with van der Waals surface area (Å²) in [4.78, 5) is 24.8. The van der Waals surface area contributed by atoms with Gasteiger partial charge in [-0.2, -0.15) is 0 Å². The van der Waals surface area contributed by atoms with E-state index in [0.717, 1.165) is 6.07 Å².